The van der Waals surface area contributed by atoms with E-state index in [0.29, 0.717) is 12.1 Å². The molecule has 3 nitrogen and oxygen atoms in total. The first-order chi connectivity index (χ1) is 9.22. The molecule has 1 atom stereocenters. The summed E-state index contributed by atoms with van der Waals surface area (Å²) in [6.45, 7) is 7.05. The fourth-order valence-corrected chi connectivity index (χ4v) is 3.02. The Hall–Kier alpha value is -1.09. The molecule has 0 radical (unpaired) electrons. The van der Waals surface area contributed by atoms with Crippen LogP contribution in [0, 0.1) is 5.92 Å². The monoisotopic (exact) mass is 259 g/mol. The molecule has 0 bridgehead atoms. The first kappa shape index (κ1) is 12.9. The molecule has 0 amide bonds. The summed E-state index contributed by atoms with van der Waals surface area (Å²) in [4.78, 5) is 7.20. The van der Waals surface area contributed by atoms with Gasteiger partial charge in [0.25, 0.3) is 0 Å². The SMILES string of the molecule is CC(C)CN1CCC[C@H]1c1ccc(NC2CC2)nc1. The lowest BCUT2D eigenvalue weighted by Crippen LogP contribution is -2.27. The third-order valence-electron chi connectivity index (χ3n) is 4.06. The van der Waals surface area contributed by atoms with E-state index in [1.165, 1.54) is 44.3 Å². The van der Waals surface area contributed by atoms with Crippen LogP contribution in [0.4, 0.5) is 5.82 Å². The smallest absolute Gasteiger partial charge is 0.126 e. The van der Waals surface area contributed by atoms with Crippen molar-refractivity contribution in [1.29, 1.82) is 0 Å². The van der Waals surface area contributed by atoms with Crippen molar-refractivity contribution < 1.29 is 0 Å². The predicted molar refractivity (Wildman–Crippen MR) is 79.3 cm³/mol. The topological polar surface area (TPSA) is 28.2 Å². The zero-order valence-electron chi connectivity index (χ0n) is 12.1. The molecule has 1 aliphatic carbocycles. The van der Waals surface area contributed by atoms with E-state index in [4.69, 9.17) is 0 Å². The molecule has 2 fully saturated rings. The van der Waals surface area contributed by atoms with Gasteiger partial charge in [0.1, 0.15) is 5.82 Å². The molecule has 0 unspecified atom stereocenters. The Labute approximate surface area is 116 Å². The summed E-state index contributed by atoms with van der Waals surface area (Å²) in [7, 11) is 0. The van der Waals surface area contributed by atoms with Gasteiger partial charge in [-0.1, -0.05) is 19.9 Å². The number of hydrogen-bond donors (Lipinski definition) is 1. The molecule has 1 saturated carbocycles. The Morgan fingerprint density at radius 3 is 2.79 bits per heavy atom. The fourth-order valence-electron chi connectivity index (χ4n) is 3.02. The van der Waals surface area contributed by atoms with Gasteiger partial charge in [-0.2, -0.15) is 0 Å². The van der Waals surface area contributed by atoms with Gasteiger partial charge in [-0.05, 0) is 49.8 Å². The van der Waals surface area contributed by atoms with E-state index in [1.807, 2.05) is 0 Å². The van der Waals surface area contributed by atoms with Crippen LogP contribution in [-0.4, -0.2) is 29.0 Å². The van der Waals surface area contributed by atoms with Gasteiger partial charge in [0.2, 0.25) is 0 Å². The molecule has 2 heterocycles. The summed E-state index contributed by atoms with van der Waals surface area (Å²) in [6.07, 6.45) is 7.28. The van der Waals surface area contributed by atoms with E-state index >= 15 is 0 Å². The zero-order chi connectivity index (χ0) is 13.2. The number of aromatic nitrogens is 1. The summed E-state index contributed by atoms with van der Waals surface area (Å²) < 4.78 is 0. The Balaban J connectivity index is 1.66. The Kier molecular flexibility index (Phi) is 3.74. The molecule has 3 rings (SSSR count). The quantitative estimate of drug-likeness (QED) is 0.878. The molecular formula is C16H25N3. The van der Waals surface area contributed by atoms with Gasteiger partial charge in [0.15, 0.2) is 0 Å². The molecule has 1 aromatic heterocycles. The van der Waals surface area contributed by atoms with Crippen LogP contribution >= 0.6 is 0 Å². The Bertz CT molecular complexity index is 409. The van der Waals surface area contributed by atoms with Crippen molar-refractivity contribution in [3.05, 3.63) is 23.9 Å². The van der Waals surface area contributed by atoms with E-state index in [1.54, 1.807) is 0 Å². The summed E-state index contributed by atoms with van der Waals surface area (Å²) in [5.74, 6) is 1.78. The van der Waals surface area contributed by atoms with Crippen LogP contribution in [0.3, 0.4) is 0 Å². The minimum absolute atomic E-state index is 0.588. The zero-order valence-corrected chi connectivity index (χ0v) is 12.1. The third-order valence-corrected chi connectivity index (χ3v) is 4.06. The second-order valence-electron chi connectivity index (χ2n) is 6.44. The van der Waals surface area contributed by atoms with E-state index < -0.39 is 0 Å². The molecular weight excluding hydrogens is 234 g/mol. The number of likely N-dealkylation sites (tertiary alicyclic amines) is 1. The molecule has 0 spiro atoms. The Morgan fingerprint density at radius 2 is 2.16 bits per heavy atom. The van der Waals surface area contributed by atoms with E-state index in [-0.39, 0.29) is 0 Å². The molecule has 0 aromatic carbocycles. The van der Waals surface area contributed by atoms with Crippen LogP contribution in [0.15, 0.2) is 18.3 Å². The van der Waals surface area contributed by atoms with Gasteiger partial charge >= 0.3 is 0 Å². The van der Waals surface area contributed by atoms with Crippen LogP contribution in [0.25, 0.3) is 0 Å². The number of rotatable bonds is 5. The largest absolute Gasteiger partial charge is 0.367 e. The number of hydrogen-bond acceptors (Lipinski definition) is 3. The van der Waals surface area contributed by atoms with Crippen LogP contribution in [0.1, 0.15) is 51.1 Å². The first-order valence-electron chi connectivity index (χ1n) is 7.69. The molecule has 1 N–H and O–H groups in total. The normalized spacial score (nSPS) is 24.1. The van der Waals surface area contributed by atoms with Crippen molar-refractivity contribution >= 4 is 5.82 Å². The van der Waals surface area contributed by atoms with E-state index in [2.05, 4.69) is 47.4 Å². The highest BCUT2D eigenvalue weighted by atomic mass is 15.2. The maximum absolute atomic E-state index is 4.58. The molecule has 1 saturated heterocycles. The standard InChI is InChI=1S/C16H25N3/c1-12(2)11-19-9-3-4-15(19)13-5-8-16(17-10-13)18-14-6-7-14/h5,8,10,12,14-15H,3-4,6-7,9,11H2,1-2H3,(H,17,18)/t15-/m0/s1. The lowest BCUT2D eigenvalue weighted by molar-refractivity contribution is 0.228. The van der Waals surface area contributed by atoms with Gasteiger partial charge < -0.3 is 5.32 Å². The maximum Gasteiger partial charge on any atom is 0.126 e. The second-order valence-corrected chi connectivity index (χ2v) is 6.44. The number of nitrogens with one attached hydrogen (secondary N) is 1. The summed E-state index contributed by atoms with van der Waals surface area (Å²) in [5.41, 5.74) is 1.39. The highest BCUT2D eigenvalue weighted by Crippen LogP contribution is 2.32. The van der Waals surface area contributed by atoms with Crippen molar-refractivity contribution in [3.8, 4) is 0 Å². The van der Waals surface area contributed by atoms with Crippen LogP contribution in [-0.2, 0) is 0 Å². The highest BCUT2D eigenvalue weighted by Gasteiger charge is 2.26. The van der Waals surface area contributed by atoms with Gasteiger partial charge in [-0.25, -0.2) is 4.98 Å². The summed E-state index contributed by atoms with van der Waals surface area (Å²) >= 11 is 0. The number of nitrogens with zero attached hydrogens (tertiary/aromatic N) is 2. The summed E-state index contributed by atoms with van der Waals surface area (Å²) in [5, 5.41) is 3.45. The van der Waals surface area contributed by atoms with E-state index in [0.717, 1.165) is 11.7 Å². The molecule has 3 heteroatoms. The van der Waals surface area contributed by atoms with Crippen molar-refractivity contribution in [2.24, 2.45) is 5.92 Å². The molecule has 19 heavy (non-hydrogen) atoms. The van der Waals surface area contributed by atoms with Gasteiger partial charge in [-0.15, -0.1) is 0 Å². The number of anilines is 1. The molecule has 1 aliphatic heterocycles. The number of pyridine rings is 1. The molecule has 2 aliphatic rings. The lowest BCUT2D eigenvalue weighted by atomic mass is 10.1. The predicted octanol–water partition coefficient (Wildman–Crippen LogP) is 3.45. The van der Waals surface area contributed by atoms with Crippen molar-refractivity contribution in [2.45, 2.75) is 51.6 Å². The minimum atomic E-state index is 0.588. The van der Waals surface area contributed by atoms with Crippen LogP contribution < -0.4 is 5.32 Å². The van der Waals surface area contributed by atoms with Gasteiger partial charge in [0.05, 0.1) is 0 Å². The Morgan fingerprint density at radius 1 is 1.32 bits per heavy atom. The van der Waals surface area contributed by atoms with Crippen LogP contribution in [0.5, 0.6) is 0 Å². The molecule has 1 aromatic rings. The average molecular weight is 259 g/mol. The van der Waals surface area contributed by atoms with Crippen molar-refractivity contribution in [2.75, 3.05) is 18.4 Å². The van der Waals surface area contributed by atoms with Crippen LogP contribution in [0.2, 0.25) is 0 Å². The lowest BCUT2D eigenvalue weighted by Gasteiger charge is -2.26. The third kappa shape index (κ3) is 3.27. The van der Waals surface area contributed by atoms with E-state index in [9.17, 15) is 0 Å². The molecule has 104 valence electrons. The van der Waals surface area contributed by atoms with Gasteiger partial charge in [0, 0.05) is 24.8 Å². The minimum Gasteiger partial charge on any atom is -0.367 e. The second kappa shape index (κ2) is 5.49. The van der Waals surface area contributed by atoms with Crippen molar-refractivity contribution in [3.63, 3.8) is 0 Å². The first-order valence-corrected chi connectivity index (χ1v) is 7.69. The fraction of sp³-hybridized carbons (Fsp3) is 0.688. The average Bonchev–Trinajstić information content (AvgIpc) is 3.08. The highest BCUT2D eigenvalue weighted by molar-refractivity contribution is 5.38. The van der Waals surface area contributed by atoms with Gasteiger partial charge in [-0.3, -0.25) is 4.90 Å². The van der Waals surface area contributed by atoms with Crippen molar-refractivity contribution in [1.82, 2.24) is 9.88 Å². The maximum atomic E-state index is 4.58. The summed E-state index contributed by atoms with van der Waals surface area (Å²) in [6, 6.07) is 5.69.